The Bertz CT molecular complexity index is 435. The molecule has 104 valence electrons. The lowest BCUT2D eigenvalue weighted by atomic mass is 9.61. The summed E-state index contributed by atoms with van der Waals surface area (Å²) in [5, 5.41) is 0. The zero-order valence-electron chi connectivity index (χ0n) is 11.7. The summed E-state index contributed by atoms with van der Waals surface area (Å²) in [6.45, 7) is 2.13. The molecule has 1 nitrogen and oxygen atoms in total. The van der Waals surface area contributed by atoms with Crippen molar-refractivity contribution in [3.05, 3.63) is 29.8 Å². The average molecular weight is 323 g/mol. The second-order valence-electron chi connectivity index (χ2n) is 6.27. The molecule has 2 aliphatic rings. The number of aryl methyl sites for hydroxylation is 1. The molecule has 2 fully saturated rings. The van der Waals surface area contributed by atoms with Crippen molar-refractivity contribution in [2.75, 3.05) is 0 Å². The van der Waals surface area contributed by atoms with Crippen molar-refractivity contribution >= 4 is 15.9 Å². The van der Waals surface area contributed by atoms with Crippen LogP contribution in [0, 0.1) is 12.3 Å². The van der Waals surface area contributed by atoms with Crippen molar-refractivity contribution in [1.29, 1.82) is 0 Å². The van der Waals surface area contributed by atoms with Crippen LogP contribution in [-0.4, -0.2) is 10.9 Å². The molecule has 19 heavy (non-hydrogen) atoms. The van der Waals surface area contributed by atoms with E-state index in [1.54, 1.807) is 0 Å². The highest BCUT2D eigenvalue weighted by atomic mass is 79.9. The Kier molecular flexibility index (Phi) is 3.88. The number of hydrogen-bond donors (Lipinski definition) is 0. The Hall–Kier alpha value is -0.500. The molecule has 0 aliphatic heterocycles. The number of hydrogen-bond acceptors (Lipinski definition) is 1. The molecule has 0 aromatic heterocycles. The average Bonchev–Trinajstić information content (AvgIpc) is 2.66. The van der Waals surface area contributed by atoms with Gasteiger partial charge in [-0.3, -0.25) is 0 Å². The van der Waals surface area contributed by atoms with Crippen LogP contribution in [0.1, 0.15) is 50.5 Å². The third-order valence-electron chi connectivity index (χ3n) is 4.99. The van der Waals surface area contributed by atoms with Crippen molar-refractivity contribution in [3.8, 4) is 5.75 Å². The highest BCUT2D eigenvalue weighted by Crippen LogP contribution is 2.55. The molecule has 0 N–H and O–H groups in total. The highest BCUT2D eigenvalue weighted by Gasteiger charge is 2.54. The molecule has 0 bridgehead atoms. The maximum Gasteiger partial charge on any atom is 0.120 e. The minimum Gasteiger partial charge on any atom is -0.490 e. The van der Waals surface area contributed by atoms with Crippen LogP contribution in [0.3, 0.4) is 0 Å². The predicted octanol–water partition coefficient (Wildman–Crippen LogP) is 5.25. The van der Waals surface area contributed by atoms with Crippen LogP contribution in [0.2, 0.25) is 0 Å². The highest BCUT2D eigenvalue weighted by molar-refractivity contribution is 9.09. The quantitative estimate of drug-likeness (QED) is 0.675. The van der Waals surface area contributed by atoms with Crippen molar-refractivity contribution in [2.24, 2.45) is 5.41 Å². The largest absolute Gasteiger partial charge is 0.490 e. The van der Waals surface area contributed by atoms with Gasteiger partial charge in [0.25, 0.3) is 0 Å². The van der Waals surface area contributed by atoms with Crippen LogP contribution in [-0.2, 0) is 0 Å². The number of halogens is 1. The van der Waals surface area contributed by atoms with Gasteiger partial charge in [0.05, 0.1) is 0 Å². The number of ether oxygens (including phenoxy) is 1. The second-order valence-corrected chi connectivity index (χ2v) is 7.38. The molecule has 0 saturated heterocycles. The van der Waals surface area contributed by atoms with Gasteiger partial charge in [-0.05, 0) is 43.9 Å². The third kappa shape index (κ3) is 2.56. The standard InChI is InChI=1S/C17H23BrO/c1-13-7-6-8-14(11-13)19-16-12-15(18)17(16)9-4-2-3-5-10-17/h6-8,11,15-16H,2-5,9-10,12H2,1H3. The molecule has 2 atom stereocenters. The fourth-order valence-electron chi connectivity index (χ4n) is 3.74. The van der Waals surface area contributed by atoms with Gasteiger partial charge in [-0.25, -0.2) is 0 Å². The minimum absolute atomic E-state index is 0.403. The molecule has 1 aromatic carbocycles. The number of rotatable bonds is 2. The lowest BCUT2D eigenvalue weighted by Crippen LogP contribution is -2.56. The summed E-state index contributed by atoms with van der Waals surface area (Å²) < 4.78 is 6.32. The first-order valence-electron chi connectivity index (χ1n) is 7.58. The first-order valence-corrected chi connectivity index (χ1v) is 8.50. The van der Waals surface area contributed by atoms with E-state index in [0.717, 1.165) is 12.2 Å². The molecule has 2 saturated carbocycles. The van der Waals surface area contributed by atoms with Crippen molar-refractivity contribution in [3.63, 3.8) is 0 Å². The SMILES string of the molecule is Cc1cccc(OC2CC(Br)C23CCCCCC3)c1. The van der Waals surface area contributed by atoms with E-state index in [-0.39, 0.29) is 0 Å². The third-order valence-corrected chi connectivity index (χ3v) is 6.27. The van der Waals surface area contributed by atoms with Gasteiger partial charge in [-0.15, -0.1) is 0 Å². The molecule has 1 spiro atoms. The second kappa shape index (κ2) is 5.47. The van der Waals surface area contributed by atoms with Gasteiger partial charge in [0, 0.05) is 10.2 Å². The van der Waals surface area contributed by atoms with Crippen LogP contribution in [0.25, 0.3) is 0 Å². The summed E-state index contributed by atoms with van der Waals surface area (Å²) in [7, 11) is 0. The molecule has 3 rings (SSSR count). The van der Waals surface area contributed by atoms with E-state index in [0.29, 0.717) is 16.3 Å². The smallest absolute Gasteiger partial charge is 0.120 e. The fourth-order valence-corrected chi connectivity index (χ4v) is 4.83. The molecule has 0 radical (unpaired) electrons. The molecule has 0 amide bonds. The van der Waals surface area contributed by atoms with Gasteiger partial charge in [0.1, 0.15) is 11.9 Å². The van der Waals surface area contributed by atoms with E-state index < -0.39 is 0 Å². The van der Waals surface area contributed by atoms with Crippen molar-refractivity contribution < 1.29 is 4.74 Å². The van der Waals surface area contributed by atoms with Gasteiger partial charge in [0.15, 0.2) is 0 Å². The monoisotopic (exact) mass is 322 g/mol. The topological polar surface area (TPSA) is 9.23 Å². The Morgan fingerprint density at radius 2 is 1.89 bits per heavy atom. The predicted molar refractivity (Wildman–Crippen MR) is 83.1 cm³/mol. The van der Waals surface area contributed by atoms with Crippen molar-refractivity contribution in [2.45, 2.75) is 62.8 Å². The Morgan fingerprint density at radius 3 is 2.53 bits per heavy atom. The normalized spacial score (nSPS) is 29.6. The van der Waals surface area contributed by atoms with Gasteiger partial charge in [0.2, 0.25) is 0 Å². The summed E-state index contributed by atoms with van der Waals surface area (Å²) >= 11 is 3.90. The van der Waals surface area contributed by atoms with E-state index in [9.17, 15) is 0 Å². The Balaban J connectivity index is 1.74. The summed E-state index contributed by atoms with van der Waals surface area (Å²) in [6.07, 6.45) is 9.78. The Labute approximate surface area is 124 Å². The molecular formula is C17H23BrO. The molecule has 2 heteroatoms. The van der Waals surface area contributed by atoms with Gasteiger partial charge in [-0.1, -0.05) is 53.7 Å². The fraction of sp³-hybridized carbons (Fsp3) is 0.647. The lowest BCUT2D eigenvalue weighted by Gasteiger charge is -2.53. The van der Waals surface area contributed by atoms with Gasteiger partial charge >= 0.3 is 0 Å². The van der Waals surface area contributed by atoms with Crippen LogP contribution in [0.15, 0.2) is 24.3 Å². The molecule has 0 heterocycles. The van der Waals surface area contributed by atoms with Gasteiger partial charge < -0.3 is 4.74 Å². The number of alkyl halides is 1. The van der Waals surface area contributed by atoms with Gasteiger partial charge in [-0.2, -0.15) is 0 Å². The first kappa shape index (κ1) is 13.5. The zero-order valence-corrected chi connectivity index (χ0v) is 13.3. The van der Waals surface area contributed by atoms with E-state index in [1.807, 2.05) is 0 Å². The summed E-state index contributed by atoms with van der Waals surface area (Å²) in [6, 6.07) is 8.47. The van der Waals surface area contributed by atoms with Crippen LogP contribution in [0.4, 0.5) is 0 Å². The van der Waals surface area contributed by atoms with E-state index in [2.05, 4.69) is 47.1 Å². The van der Waals surface area contributed by atoms with E-state index >= 15 is 0 Å². The zero-order chi connectivity index (χ0) is 13.3. The molecule has 2 aliphatic carbocycles. The first-order chi connectivity index (χ1) is 9.21. The minimum atomic E-state index is 0.403. The molecule has 1 aromatic rings. The summed E-state index contributed by atoms with van der Waals surface area (Å²) in [5.74, 6) is 1.05. The van der Waals surface area contributed by atoms with Crippen LogP contribution < -0.4 is 4.74 Å². The van der Waals surface area contributed by atoms with E-state index in [4.69, 9.17) is 4.74 Å². The lowest BCUT2D eigenvalue weighted by molar-refractivity contribution is -0.0462. The summed E-state index contributed by atoms with van der Waals surface area (Å²) in [4.78, 5) is 0.660. The maximum absolute atomic E-state index is 6.32. The molecule has 2 unspecified atom stereocenters. The molecular weight excluding hydrogens is 300 g/mol. The summed E-state index contributed by atoms with van der Waals surface area (Å²) in [5.41, 5.74) is 1.68. The Morgan fingerprint density at radius 1 is 1.16 bits per heavy atom. The van der Waals surface area contributed by atoms with Crippen molar-refractivity contribution in [1.82, 2.24) is 0 Å². The van der Waals surface area contributed by atoms with Crippen LogP contribution >= 0.6 is 15.9 Å². The maximum atomic E-state index is 6.32. The number of benzene rings is 1. The van der Waals surface area contributed by atoms with E-state index in [1.165, 1.54) is 44.1 Å². The van der Waals surface area contributed by atoms with Crippen LogP contribution in [0.5, 0.6) is 5.75 Å².